The Morgan fingerprint density at radius 1 is 1.04 bits per heavy atom. The van der Waals surface area contributed by atoms with Crippen molar-refractivity contribution < 1.29 is 9.59 Å². The normalized spacial score (nSPS) is 10.7. The second-order valence-electron chi connectivity index (χ2n) is 5.10. The van der Waals surface area contributed by atoms with Crippen LogP contribution in [0.5, 0.6) is 0 Å². The van der Waals surface area contributed by atoms with Crippen LogP contribution in [0.25, 0.3) is 0 Å². The zero-order chi connectivity index (χ0) is 17.7. The topological polar surface area (TPSA) is 70.6 Å². The highest BCUT2D eigenvalue weighted by Crippen LogP contribution is 2.24. The maximum absolute atomic E-state index is 11.8. The fourth-order valence-electron chi connectivity index (χ4n) is 1.84. The molecule has 0 saturated heterocycles. The van der Waals surface area contributed by atoms with Crippen molar-refractivity contribution in [2.75, 3.05) is 5.32 Å². The van der Waals surface area contributed by atoms with E-state index in [0.717, 1.165) is 11.1 Å². The Labute approximate surface area is 149 Å². The van der Waals surface area contributed by atoms with E-state index in [9.17, 15) is 9.59 Å². The Hall–Kier alpha value is -2.37. The molecule has 5 nitrogen and oxygen atoms in total. The molecule has 2 aromatic carbocycles. The van der Waals surface area contributed by atoms with Crippen LogP contribution in [-0.2, 0) is 9.59 Å². The summed E-state index contributed by atoms with van der Waals surface area (Å²) in [6.07, 6.45) is 1.31. The molecule has 0 atom stereocenters. The number of carbonyl (C=O) groups is 2. The van der Waals surface area contributed by atoms with Crippen LogP contribution in [0, 0.1) is 13.8 Å². The molecular weight excluding hydrogens is 349 g/mol. The van der Waals surface area contributed by atoms with Crippen LogP contribution in [0.15, 0.2) is 41.5 Å². The summed E-state index contributed by atoms with van der Waals surface area (Å²) in [4.78, 5) is 23.6. The van der Waals surface area contributed by atoms with Crippen LogP contribution in [0.4, 0.5) is 5.69 Å². The van der Waals surface area contributed by atoms with E-state index >= 15 is 0 Å². The van der Waals surface area contributed by atoms with Crippen molar-refractivity contribution in [3.8, 4) is 0 Å². The van der Waals surface area contributed by atoms with Gasteiger partial charge in [0, 0.05) is 11.3 Å². The Morgan fingerprint density at radius 3 is 2.50 bits per heavy atom. The third kappa shape index (κ3) is 4.57. The number of anilines is 1. The minimum absolute atomic E-state index is 0.316. The van der Waals surface area contributed by atoms with Crippen molar-refractivity contribution in [1.29, 1.82) is 0 Å². The number of halogens is 2. The highest BCUT2D eigenvalue weighted by atomic mass is 35.5. The molecule has 0 bridgehead atoms. The van der Waals surface area contributed by atoms with Gasteiger partial charge in [-0.3, -0.25) is 9.59 Å². The van der Waals surface area contributed by atoms with Crippen molar-refractivity contribution in [3.63, 3.8) is 0 Å². The minimum atomic E-state index is -0.886. The molecule has 2 amide bonds. The summed E-state index contributed by atoms with van der Waals surface area (Å²) in [7, 11) is 0. The Balaban J connectivity index is 1.96. The highest BCUT2D eigenvalue weighted by molar-refractivity contribution is 6.43. The molecule has 0 aliphatic rings. The summed E-state index contributed by atoms with van der Waals surface area (Å²) in [6, 6.07) is 10.4. The SMILES string of the molecule is Cc1ccc(NC(=O)C(=O)N/N=C/c2cccc(Cl)c2Cl)cc1C. The predicted octanol–water partition coefficient (Wildman–Crippen LogP) is 3.70. The van der Waals surface area contributed by atoms with Crippen molar-refractivity contribution in [3.05, 3.63) is 63.1 Å². The number of nitrogens with one attached hydrogen (secondary N) is 2. The lowest BCUT2D eigenvalue weighted by atomic mass is 10.1. The van der Waals surface area contributed by atoms with E-state index < -0.39 is 11.8 Å². The average Bonchev–Trinajstić information content (AvgIpc) is 2.54. The largest absolute Gasteiger partial charge is 0.329 e. The van der Waals surface area contributed by atoms with Crippen LogP contribution < -0.4 is 10.7 Å². The minimum Gasteiger partial charge on any atom is -0.318 e. The molecule has 2 aromatic rings. The van der Waals surface area contributed by atoms with E-state index in [-0.39, 0.29) is 0 Å². The summed E-state index contributed by atoms with van der Waals surface area (Å²) in [5.41, 5.74) is 5.32. The van der Waals surface area contributed by atoms with Gasteiger partial charge in [-0.25, -0.2) is 5.43 Å². The van der Waals surface area contributed by atoms with E-state index in [0.29, 0.717) is 21.3 Å². The Morgan fingerprint density at radius 2 is 1.79 bits per heavy atom. The molecule has 124 valence electrons. The first-order chi connectivity index (χ1) is 11.4. The van der Waals surface area contributed by atoms with Gasteiger partial charge in [-0.1, -0.05) is 41.4 Å². The zero-order valence-corrected chi connectivity index (χ0v) is 14.6. The quantitative estimate of drug-likeness (QED) is 0.495. The van der Waals surface area contributed by atoms with Crippen molar-refractivity contribution in [2.24, 2.45) is 5.10 Å². The van der Waals surface area contributed by atoms with Crippen LogP contribution >= 0.6 is 23.2 Å². The standard InChI is InChI=1S/C17H15Cl2N3O2/c1-10-6-7-13(8-11(10)2)21-16(23)17(24)22-20-9-12-4-3-5-14(18)15(12)19/h3-9H,1-2H3,(H,21,23)(H,22,24)/b20-9+. The molecule has 0 aromatic heterocycles. The van der Waals surface area contributed by atoms with E-state index in [2.05, 4.69) is 15.8 Å². The van der Waals surface area contributed by atoms with Crippen LogP contribution in [0.1, 0.15) is 16.7 Å². The molecule has 7 heteroatoms. The molecule has 0 aliphatic carbocycles. The molecule has 0 spiro atoms. The number of hydrogen-bond acceptors (Lipinski definition) is 3. The highest BCUT2D eigenvalue weighted by Gasteiger charge is 2.13. The first-order valence-corrected chi connectivity index (χ1v) is 7.79. The van der Waals surface area contributed by atoms with Crippen molar-refractivity contribution in [1.82, 2.24) is 5.43 Å². The number of hydrogen-bond donors (Lipinski definition) is 2. The fourth-order valence-corrected chi connectivity index (χ4v) is 2.20. The molecule has 0 saturated carbocycles. The third-order valence-electron chi connectivity index (χ3n) is 3.32. The number of rotatable bonds is 3. The lowest BCUT2D eigenvalue weighted by molar-refractivity contribution is -0.136. The number of amides is 2. The third-order valence-corrected chi connectivity index (χ3v) is 4.16. The zero-order valence-electron chi connectivity index (χ0n) is 13.1. The molecule has 2 N–H and O–H groups in total. The van der Waals surface area contributed by atoms with Gasteiger partial charge in [0.2, 0.25) is 0 Å². The molecule has 0 heterocycles. The summed E-state index contributed by atoms with van der Waals surface area (Å²) in [6.45, 7) is 3.88. The lowest BCUT2D eigenvalue weighted by Gasteiger charge is -2.06. The van der Waals surface area contributed by atoms with Crippen molar-refractivity contribution in [2.45, 2.75) is 13.8 Å². The van der Waals surface area contributed by atoms with Gasteiger partial charge in [0.1, 0.15) is 0 Å². The van der Waals surface area contributed by atoms with Crippen molar-refractivity contribution >= 4 is 46.9 Å². The van der Waals surface area contributed by atoms with Gasteiger partial charge in [-0.2, -0.15) is 5.10 Å². The number of aryl methyl sites for hydroxylation is 2. The summed E-state index contributed by atoms with van der Waals surface area (Å²) >= 11 is 11.9. The Bertz CT molecular complexity index is 819. The molecule has 24 heavy (non-hydrogen) atoms. The van der Waals surface area contributed by atoms with E-state index in [1.165, 1.54) is 6.21 Å². The van der Waals surface area contributed by atoms with Gasteiger partial charge >= 0.3 is 11.8 Å². The first kappa shape index (κ1) is 18.0. The summed E-state index contributed by atoms with van der Waals surface area (Å²) in [5.74, 6) is -1.70. The van der Waals surface area contributed by atoms with Crippen LogP contribution in [0.3, 0.4) is 0 Å². The van der Waals surface area contributed by atoms with Gasteiger partial charge in [-0.05, 0) is 43.2 Å². The lowest BCUT2D eigenvalue weighted by Crippen LogP contribution is -2.32. The summed E-state index contributed by atoms with van der Waals surface area (Å²) < 4.78 is 0. The Kier molecular flexibility index (Phi) is 5.95. The molecule has 0 radical (unpaired) electrons. The van der Waals surface area contributed by atoms with Crippen LogP contribution in [0.2, 0.25) is 10.0 Å². The predicted molar refractivity (Wildman–Crippen MR) is 96.7 cm³/mol. The molecule has 0 aliphatic heterocycles. The number of benzene rings is 2. The molecule has 2 rings (SSSR count). The second kappa shape index (κ2) is 7.95. The van der Waals surface area contributed by atoms with Gasteiger partial charge in [-0.15, -0.1) is 0 Å². The second-order valence-corrected chi connectivity index (χ2v) is 5.88. The molecule has 0 fully saturated rings. The monoisotopic (exact) mass is 363 g/mol. The van der Waals surface area contributed by atoms with Gasteiger partial charge in [0.15, 0.2) is 0 Å². The fraction of sp³-hybridized carbons (Fsp3) is 0.118. The van der Waals surface area contributed by atoms with Gasteiger partial charge < -0.3 is 5.32 Å². The first-order valence-electron chi connectivity index (χ1n) is 7.04. The molecular formula is C17H15Cl2N3O2. The number of carbonyl (C=O) groups excluding carboxylic acids is 2. The average molecular weight is 364 g/mol. The smallest absolute Gasteiger partial charge is 0.318 e. The van der Waals surface area contributed by atoms with E-state index in [1.54, 1.807) is 30.3 Å². The maximum atomic E-state index is 11.8. The van der Waals surface area contributed by atoms with E-state index in [4.69, 9.17) is 23.2 Å². The van der Waals surface area contributed by atoms with E-state index in [1.807, 2.05) is 19.9 Å². The van der Waals surface area contributed by atoms with Gasteiger partial charge in [0.25, 0.3) is 0 Å². The summed E-state index contributed by atoms with van der Waals surface area (Å²) in [5, 5.41) is 6.91. The van der Waals surface area contributed by atoms with Crippen LogP contribution in [-0.4, -0.2) is 18.0 Å². The number of hydrazone groups is 1. The van der Waals surface area contributed by atoms with Gasteiger partial charge in [0.05, 0.1) is 16.3 Å². The maximum Gasteiger partial charge on any atom is 0.329 e. The molecule has 0 unspecified atom stereocenters. The number of nitrogens with zero attached hydrogens (tertiary/aromatic N) is 1.